The van der Waals surface area contributed by atoms with E-state index in [1.807, 2.05) is 19.1 Å². The van der Waals surface area contributed by atoms with Crippen molar-refractivity contribution >= 4 is 0 Å². The Balaban J connectivity index is 3.19. The summed E-state index contributed by atoms with van der Waals surface area (Å²) in [5.41, 5.74) is 1.89. The van der Waals surface area contributed by atoms with E-state index in [1.54, 1.807) is 6.07 Å². The van der Waals surface area contributed by atoms with Crippen LogP contribution in [0.1, 0.15) is 31.9 Å². The summed E-state index contributed by atoms with van der Waals surface area (Å²) in [6.07, 6.45) is 0. The van der Waals surface area contributed by atoms with E-state index in [2.05, 4.69) is 20.8 Å². The van der Waals surface area contributed by atoms with E-state index in [4.69, 9.17) is 0 Å². The van der Waals surface area contributed by atoms with Crippen LogP contribution in [0.25, 0.3) is 0 Å². The highest BCUT2D eigenvalue weighted by Crippen LogP contribution is 2.31. The molecule has 0 saturated carbocycles. The summed E-state index contributed by atoms with van der Waals surface area (Å²) in [6, 6.07) is 5.61. The van der Waals surface area contributed by atoms with Gasteiger partial charge in [-0.05, 0) is 24.0 Å². The van der Waals surface area contributed by atoms with Gasteiger partial charge in [0, 0.05) is 5.56 Å². The van der Waals surface area contributed by atoms with Crippen LogP contribution in [-0.4, -0.2) is 0 Å². The van der Waals surface area contributed by atoms with Crippen LogP contribution >= 0.6 is 0 Å². The van der Waals surface area contributed by atoms with Crippen molar-refractivity contribution in [1.82, 2.24) is 0 Å². The Hall–Kier alpha value is -0.980. The van der Waals surface area contributed by atoms with E-state index in [9.17, 15) is 5.11 Å². The fourth-order valence-corrected chi connectivity index (χ4v) is 1.25. The van der Waals surface area contributed by atoms with Gasteiger partial charge in [0.1, 0.15) is 0 Å². The van der Waals surface area contributed by atoms with Crippen LogP contribution in [0.15, 0.2) is 18.2 Å². The zero-order chi connectivity index (χ0) is 9.35. The molecule has 0 atom stereocenters. The Morgan fingerprint density at radius 2 is 1.75 bits per heavy atom. The van der Waals surface area contributed by atoms with E-state index >= 15 is 0 Å². The third-order valence-electron chi connectivity index (χ3n) is 1.95. The summed E-state index contributed by atoms with van der Waals surface area (Å²) in [5, 5.41) is 11.5. The van der Waals surface area contributed by atoms with Gasteiger partial charge in [-0.15, -0.1) is 0 Å². The van der Waals surface area contributed by atoms with Gasteiger partial charge in [0.05, 0.1) is 0 Å². The van der Waals surface area contributed by atoms with Crippen molar-refractivity contribution in [2.24, 2.45) is 0 Å². The van der Waals surface area contributed by atoms with E-state index in [1.165, 1.54) is 0 Å². The molecule has 0 bridgehead atoms. The van der Waals surface area contributed by atoms with Crippen LogP contribution < -0.4 is 0 Å². The highest BCUT2D eigenvalue weighted by molar-refractivity contribution is 5.39. The van der Waals surface area contributed by atoms with Crippen molar-refractivity contribution < 1.29 is 5.11 Å². The second-order valence-corrected chi connectivity index (χ2v) is 4.25. The molecule has 1 aromatic rings. The molecular formula is C11H15O. The van der Waals surface area contributed by atoms with Crippen LogP contribution in [0.5, 0.6) is 5.75 Å². The molecule has 1 rings (SSSR count). The van der Waals surface area contributed by atoms with Crippen molar-refractivity contribution in [2.75, 3.05) is 0 Å². The zero-order valence-electron chi connectivity index (χ0n) is 8.14. The second kappa shape index (κ2) is 2.81. The molecule has 1 heteroatoms. The summed E-state index contributed by atoms with van der Waals surface area (Å²) in [4.78, 5) is 0. The van der Waals surface area contributed by atoms with Crippen molar-refractivity contribution in [3.8, 4) is 5.75 Å². The Morgan fingerprint density at radius 1 is 1.17 bits per heavy atom. The predicted octanol–water partition coefficient (Wildman–Crippen LogP) is 3.44. The molecule has 0 aliphatic carbocycles. The quantitative estimate of drug-likeness (QED) is 0.558. The maximum Gasteiger partial charge on any atom is 0.182 e. The Morgan fingerprint density at radius 3 is 2.17 bits per heavy atom. The van der Waals surface area contributed by atoms with E-state index in [0.29, 0.717) is 0 Å². The Kier molecular flexibility index (Phi) is 2.14. The summed E-state index contributed by atoms with van der Waals surface area (Å²) in [6.45, 7) is 8.10. The molecule has 65 valence electrons. The first-order valence-electron chi connectivity index (χ1n) is 4.19. The van der Waals surface area contributed by atoms with E-state index in [-0.39, 0.29) is 11.2 Å². The second-order valence-electron chi connectivity index (χ2n) is 4.25. The molecule has 0 unspecified atom stereocenters. The molecule has 12 heavy (non-hydrogen) atoms. The smallest absolute Gasteiger partial charge is 0.182 e. The summed E-state index contributed by atoms with van der Waals surface area (Å²) >= 11 is 0. The number of aryl methyl sites for hydroxylation is 1. The predicted molar refractivity (Wildman–Crippen MR) is 50.0 cm³/mol. The van der Waals surface area contributed by atoms with Crippen LogP contribution in [-0.2, 0) is 10.5 Å². The first-order chi connectivity index (χ1) is 5.41. The average Bonchev–Trinajstić information content (AvgIpc) is 1.83. The molecule has 0 amide bonds. The largest absolute Gasteiger partial charge is 0.290 e. The van der Waals surface area contributed by atoms with Crippen LogP contribution in [0.3, 0.4) is 0 Å². The van der Waals surface area contributed by atoms with Gasteiger partial charge in [-0.3, -0.25) is 5.11 Å². The van der Waals surface area contributed by atoms with Crippen molar-refractivity contribution in [2.45, 2.75) is 33.1 Å². The molecule has 0 saturated heterocycles. The minimum Gasteiger partial charge on any atom is -0.290 e. The Labute approximate surface area is 74.1 Å². The number of benzene rings is 1. The molecule has 0 N–H and O–H groups in total. The molecule has 0 aliphatic rings. The van der Waals surface area contributed by atoms with Gasteiger partial charge in [0.15, 0.2) is 5.75 Å². The molecular weight excluding hydrogens is 148 g/mol. The first kappa shape index (κ1) is 9.11. The molecule has 1 aromatic carbocycles. The van der Waals surface area contributed by atoms with Gasteiger partial charge >= 0.3 is 0 Å². The summed E-state index contributed by atoms with van der Waals surface area (Å²) in [7, 11) is 0. The van der Waals surface area contributed by atoms with Crippen LogP contribution in [0.4, 0.5) is 0 Å². The number of rotatable bonds is 0. The van der Waals surface area contributed by atoms with Gasteiger partial charge in [-0.2, -0.15) is 0 Å². The van der Waals surface area contributed by atoms with Crippen molar-refractivity contribution in [1.29, 1.82) is 0 Å². The van der Waals surface area contributed by atoms with Crippen molar-refractivity contribution in [3.63, 3.8) is 0 Å². The van der Waals surface area contributed by atoms with Gasteiger partial charge < -0.3 is 0 Å². The van der Waals surface area contributed by atoms with Crippen LogP contribution in [0.2, 0.25) is 0 Å². The SMILES string of the molecule is Cc1ccc(C(C)(C)C)c([O])c1. The number of hydrogen-bond acceptors (Lipinski definition) is 0. The van der Waals surface area contributed by atoms with Gasteiger partial charge in [-0.25, -0.2) is 0 Å². The highest BCUT2D eigenvalue weighted by Gasteiger charge is 2.18. The maximum absolute atomic E-state index is 11.5. The lowest BCUT2D eigenvalue weighted by Gasteiger charge is -2.19. The highest BCUT2D eigenvalue weighted by atomic mass is 16.3. The van der Waals surface area contributed by atoms with Gasteiger partial charge in [0.25, 0.3) is 0 Å². The standard InChI is InChI=1S/C11H15O/c1-8-5-6-9(10(12)7-8)11(2,3)4/h5-7H,1-4H3. The lowest BCUT2D eigenvalue weighted by molar-refractivity contribution is 0.340. The van der Waals surface area contributed by atoms with E-state index in [0.717, 1.165) is 11.1 Å². The fraction of sp³-hybridized carbons (Fsp3) is 0.455. The third kappa shape index (κ3) is 1.79. The van der Waals surface area contributed by atoms with Crippen molar-refractivity contribution in [3.05, 3.63) is 29.3 Å². The summed E-state index contributed by atoms with van der Waals surface area (Å²) < 4.78 is 0. The molecule has 1 nitrogen and oxygen atoms in total. The van der Waals surface area contributed by atoms with Crippen LogP contribution in [0, 0.1) is 6.92 Å². The molecule has 0 aliphatic heterocycles. The Bertz CT molecular complexity index is 282. The minimum absolute atomic E-state index is 0.0369. The average molecular weight is 163 g/mol. The lowest BCUT2D eigenvalue weighted by Crippen LogP contribution is -2.10. The normalized spacial score (nSPS) is 11.7. The maximum atomic E-state index is 11.5. The van der Waals surface area contributed by atoms with E-state index < -0.39 is 0 Å². The minimum atomic E-state index is -0.0369. The zero-order valence-corrected chi connectivity index (χ0v) is 8.14. The van der Waals surface area contributed by atoms with Gasteiger partial charge in [-0.1, -0.05) is 32.9 Å². The lowest BCUT2D eigenvalue weighted by atomic mass is 9.86. The topological polar surface area (TPSA) is 19.9 Å². The first-order valence-corrected chi connectivity index (χ1v) is 4.19. The fourth-order valence-electron chi connectivity index (χ4n) is 1.25. The monoisotopic (exact) mass is 163 g/mol. The number of hydrogen-bond donors (Lipinski definition) is 0. The molecule has 0 spiro atoms. The molecule has 0 aromatic heterocycles. The van der Waals surface area contributed by atoms with Gasteiger partial charge in [0.2, 0.25) is 0 Å². The molecule has 0 fully saturated rings. The summed E-state index contributed by atoms with van der Waals surface area (Å²) in [5.74, 6) is 0.155. The third-order valence-corrected chi connectivity index (χ3v) is 1.95. The molecule has 0 heterocycles. The molecule has 1 radical (unpaired) electrons.